The number of nitrogens with zero attached hydrogens (tertiary/aromatic N) is 3. The number of hydrogen-bond donors (Lipinski definition) is 0. The molecule has 24 rings (SSSR count). The van der Waals surface area contributed by atoms with Crippen LogP contribution in [-0.4, -0.2) is 13.7 Å². The largest absolute Gasteiger partial charge is 0.416 e. The van der Waals surface area contributed by atoms with Crippen LogP contribution in [-0.2, 0) is 12.4 Å². The lowest BCUT2D eigenvalue weighted by Crippen LogP contribution is -2.04. The van der Waals surface area contributed by atoms with Crippen molar-refractivity contribution >= 4 is 130 Å². The summed E-state index contributed by atoms with van der Waals surface area (Å²) in [6.45, 7) is 1.81. The molecule has 0 N–H and O–H groups in total. The standard InChI is InChI=1S/2C39H24F3N.C39H26FN/c40-39(41,42)27-11-9-10-26(24-27)38-33-16-3-1-14-31(33)37(32-15-2-4-17-34(32)38)25-20-22-28(23-21-25)43-35-18-7-5-12-29(35)30-13-6-8-19-36(30)43;40-39(41,42)27-21-17-25(18-22-27)37-31-11-1-3-13-33(31)38(34-14-4-2-12-32(34)37)26-19-23-28(24-20-26)43-35-15-7-5-9-29(35)30-10-6-8-16-36(30)43;1-25-18-19-27(24-35(25)40)39-33-14-4-2-12-31(33)38(32-13-3-5-15-34(32)39)26-20-22-28(23-21-26)41-36-16-8-6-10-29(36)30-11-7-9-17-37(30)41/h2*1-24H;2-24H,1H3. The second-order valence-electron chi connectivity index (χ2n) is 32.4. The van der Waals surface area contributed by atoms with Crippen molar-refractivity contribution in [3.63, 3.8) is 0 Å². The molecule has 0 saturated heterocycles. The molecule has 0 aliphatic carbocycles. The summed E-state index contributed by atoms with van der Waals surface area (Å²) in [6.07, 6.45) is -8.79. The summed E-state index contributed by atoms with van der Waals surface area (Å²) in [5.74, 6) is -0.180. The maximum absolute atomic E-state index is 14.8. The zero-order valence-corrected chi connectivity index (χ0v) is 68.5. The zero-order valence-electron chi connectivity index (χ0n) is 68.5. The fourth-order valence-electron chi connectivity index (χ4n) is 19.6. The molecule has 127 heavy (non-hydrogen) atoms. The monoisotopic (exact) mass is 1650 g/mol. The summed E-state index contributed by atoms with van der Waals surface area (Å²) in [5.41, 5.74) is 21.3. The van der Waals surface area contributed by atoms with Crippen LogP contribution >= 0.6 is 0 Å². The lowest BCUT2D eigenvalue weighted by molar-refractivity contribution is -0.138. The van der Waals surface area contributed by atoms with Gasteiger partial charge in [-0.3, -0.25) is 0 Å². The number of benzene rings is 21. The summed E-state index contributed by atoms with van der Waals surface area (Å²) in [6, 6.07) is 143. The number of alkyl halides is 6. The van der Waals surface area contributed by atoms with E-state index in [2.05, 4.69) is 317 Å². The average Bonchev–Trinajstić information content (AvgIpc) is 1.66. The molecule has 3 nitrogen and oxygen atoms in total. The SMILES string of the molecule is Cc1ccc(-c2c3ccccc3c(-c3ccc(-n4c5ccccc5c5ccccc54)cc3)c3ccccc23)cc1F.FC(F)(F)c1ccc(-c2c3ccccc3c(-c3ccc(-n4c5ccccc5c5ccccc54)cc3)c3ccccc23)cc1.FC(F)(F)c1cccc(-c2c3ccccc3c(-c3ccc(-n4c5ccccc5c5ccccc54)cc3)c3ccccc23)c1. The Labute approximate surface area is 726 Å². The van der Waals surface area contributed by atoms with Gasteiger partial charge in [0.05, 0.1) is 44.2 Å². The molecule has 21 aromatic carbocycles. The van der Waals surface area contributed by atoms with Gasteiger partial charge < -0.3 is 13.7 Å². The number of halogens is 7. The Hall–Kier alpha value is -15.9. The van der Waals surface area contributed by atoms with Crippen LogP contribution in [0.25, 0.3) is 214 Å². The average molecular weight is 1650 g/mol. The van der Waals surface area contributed by atoms with E-state index in [9.17, 15) is 30.7 Å². The quantitative estimate of drug-likeness (QED) is 0.101. The summed E-state index contributed by atoms with van der Waals surface area (Å²) in [7, 11) is 0. The van der Waals surface area contributed by atoms with E-state index in [0.29, 0.717) is 11.1 Å². The molecule has 0 amide bonds. The van der Waals surface area contributed by atoms with E-state index in [4.69, 9.17) is 0 Å². The highest BCUT2D eigenvalue weighted by Crippen LogP contribution is 2.50. The van der Waals surface area contributed by atoms with Crippen LogP contribution in [0.5, 0.6) is 0 Å². The van der Waals surface area contributed by atoms with Gasteiger partial charge in [0.1, 0.15) is 5.82 Å². The molecule has 0 atom stereocenters. The zero-order chi connectivity index (χ0) is 85.8. The predicted octanol–water partition coefficient (Wildman–Crippen LogP) is 33.8. The third-order valence-electron chi connectivity index (χ3n) is 25.2. The lowest BCUT2D eigenvalue weighted by Gasteiger charge is -2.18. The van der Waals surface area contributed by atoms with E-state index in [1.807, 2.05) is 72.8 Å². The van der Waals surface area contributed by atoms with Crippen molar-refractivity contribution in [3.8, 4) is 83.8 Å². The lowest BCUT2D eigenvalue weighted by atomic mass is 9.85. The first-order chi connectivity index (χ1) is 62.2. The molecule has 0 fully saturated rings. The molecule has 24 aromatic rings. The van der Waals surface area contributed by atoms with E-state index in [-0.39, 0.29) is 5.82 Å². The Morgan fingerprint density at radius 1 is 0.173 bits per heavy atom. The molecular weight excluding hydrogens is 1580 g/mol. The van der Waals surface area contributed by atoms with Crippen molar-refractivity contribution in [3.05, 3.63) is 453 Å². The number of hydrogen-bond acceptors (Lipinski definition) is 0. The molecule has 10 heteroatoms. The number of aryl methyl sites for hydroxylation is 1. The molecule has 0 unspecified atom stereocenters. The second kappa shape index (κ2) is 31.1. The fourth-order valence-corrected chi connectivity index (χ4v) is 19.6. The van der Waals surface area contributed by atoms with Gasteiger partial charge in [0.15, 0.2) is 0 Å². The van der Waals surface area contributed by atoms with Gasteiger partial charge in [-0.05, 0) is 247 Å². The summed E-state index contributed by atoms with van der Waals surface area (Å²) in [4.78, 5) is 0. The highest BCUT2D eigenvalue weighted by molar-refractivity contribution is 6.25. The van der Waals surface area contributed by atoms with E-state index in [1.54, 1.807) is 31.2 Å². The molecule has 0 aliphatic rings. The predicted molar refractivity (Wildman–Crippen MR) is 515 cm³/mol. The highest BCUT2D eigenvalue weighted by Gasteiger charge is 2.33. The van der Waals surface area contributed by atoms with Gasteiger partial charge >= 0.3 is 12.4 Å². The number of fused-ring (bicyclic) bond motifs is 15. The maximum atomic E-state index is 14.8. The molecule has 0 radical (unpaired) electrons. The van der Waals surface area contributed by atoms with Crippen LogP contribution in [0.2, 0.25) is 0 Å². The topological polar surface area (TPSA) is 14.8 Å². The molecule has 0 saturated carbocycles. The van der Waals surface area contributed by atoms with Gasteiger partial charge in [0.2, 0.25) is 0 Å². The van der Waals surface area contributed by atoms with Gasteiger partial charge in [-0.1, -0.05) is 328 Å². The van der Waals surface area contributed by atoms with Gasteiger partial charge in [-0.2, -0.15) is 26.3 Å². The Balaban J connectivity index is 0.000000113. The normalized spacial score (nSPS) is 11.9. The van der Waals surface area contributed by atoms with Gasteiger partial charge in [0, 0.05) is 49.4 Å². The second-order valence-corrected chi connectivity index (χ2v) is 32.4. The van der Waals surface area contributed by atoms with E-state index in [1.165, 1.54) is 73.2 Å². The number of rotatable bonds is 9. The van der Waals surface area contributed by atoms with Crippen molar-refractivity contribution in [2.24, 2.45) is 0 Å². The first kappa shape index (κ1) is 77.2. The van der Waals surface area contributed by atoms with Gasteiger partial charge in [-0.15, -0.1) is 0 Å². The third kappa shape index (κ3) is 13.3. The van der Waals surface area contributed by atoms with E-state index >= 15 is 0 Å². The molecule has 3 heterocycles. The minimum atomic E-state index is -4.42. The van der Waals surface area contributed by atoms with Crippen molar-refractivity contribution in [1.82, 2.24) is 13.7 Å². The maximum Gasteiger partial charge on any atom is 0.416 e. The first-order valence-corrected chi connectivity index (χ1v) is 42.4. The molecule has 0 aliphatic heterocycles. The number of aromatic nitrogens is 3. The summed E-state index contributed by atoms with van der Waals surface area (Å²) >= 11 is 0. The highest BCUT2D eigenvalue weighted by atomic mass is 19.4. The molecule has 0 spiro atoms. The van der Waals surface area contributed by atoms with Crippen LogP contribution in [0.1, 0.15) is 16.7 Å². The van der Waals surface area contributed by atoms with E-state index in [0.717, 1.165) is 165 Å². The van der Waals surface area contributed by atoms with Crippen molar-refractivity contribution in [1.29, 1.82) is 0 Å². The molecule has 606 valence electrons. The smallest absolute Gasteiger partial charge is 0.309 e. The van der Waals surface area contributed by atoms with Crippen LogP contribution in [0, 0.1) is 12.7 Å². The molecule has 3 aromatic heterocycles. The van der Waals surface area contributed by atoms with E-state index < -0.39 is 23.5 Å². The van der Waals surface area contributed by atoms with Crippen LogP contribution in [0.3, 0.4) is 0 Å². The van der Waals surface area contributed by atoms with Crippen molar-refractivity contribution < 1.29 is 30.7 Å². The minimum Gasteiger partial charge on any atom is -0.309 e. The van der Waals surface area contributed by atoms with Crippen LogP contribution in [0.4, 0.5) is 30.7 Å². The van der Waals surface area contributed by atoms with Crippen molar-refractivity contribution in [2.75, 3.05) is 0 Å². The van der Waals surface area contributed by atoms with Crippen LogP contribution < -0.4 is 0 Å². The van der Waals surface area contributed by atoms with Crippen LogP contribution in [0.15, 0.2) is 431 Å². The summed E-state index contributed by atoms with van der Waals surface area (Å²) < 4.78 is 103. The van der Waals surface area contributed by atoms with Crippen molar-refractivity contribution in [2.45, 2.75) is 19.3 Å². The molecular formula is C117H74F7N3. The Morgan fingerprint density at radius 3 is 0.598 bits per heavy atom. The molecule has 0 bridgehead atoms. The third-order valence-corrected chi connectivity index (χ3v) is 25.2. The number of para-hydroxylation sites is 6. The van der Waals surface area contributed by atoms with Gasteiger partial charge in [0.25, 0.3) is 0 Å². The summed E-state index contributed by atoms with van der Waals surface area (Å²) in [5, 5.41) is 19.9. The Bertz CT molecular complexity index is 8150. The Morgan fingerprint density at radius 2 is 0.370 bits per heavy atom. The Kier molecular flexibility index (Phi) is 18.9. The first-order valence-electron chi connectivity index (χ1n) is 42.4. The van der Waals surface area contributed by atoms with Gasteiger partial charge in [-0.25, -0.2) is 4.39 Å². The fraction of sp³-hybridized carbons (Fsp3) is 0.0256. The minimum absolute atomic E-state index is 0.180.